The molecule has 2 aromatic heterocycles. The van der Waals surface area contributed by atoms with Crippen LogP contribution in [-0.4, -0.2) is 56.3 Å². The molecule has 8 nitrogen and oxygen atoms in total. The highest BCUT2D eigenvalue weighted by Gasteiger charge is 2.30. The summed E-state index contributed by atoms with van der Waals surface area (Å²) in [6.07, 6.45) is 8.01. The quantitative estimate of drug-likeness (QED) is 0.536. The first-order valence-corrected chi connectivity index (χ1v) is 12.5. The van der Waals surface area contributed by atoms with E-state index < -0.39 is 11.6 Å². The van der Waals surface area contributed by atoms with Crippen molar-refractivity contribution in [1.82, 2.24) is 24.6 Å². The maximum absolute atomic E-state index is 14.1. The molecule has 6 rings (SSSR count). The Morgan fingerprint density at radius 2 is 1.86 bits per heavy atom. The number of hydrogen-bond acceptors (Lipinski definition) is 6. The number of fused-ring (bicyclic) bond motifs is 1. The standard InChI is InChI=1S/C26H28F2N6O2/c1-16(35)33-11-8-22-23(15-33)30-25(17-13-29-34(14-17)19-3-4-19)26(31-22)32-9-6-20(7-10-32)36-24-5-2-18(27)12-21(24)28/h2,5,12-14,19-20H,3-4,6-11,15H2,1H3. The second-order valence-corrected chi connectivity index (χ2v) is 9.80. The highest BCUT2D eigenvalue weighted by atomic mass is 19.1. The first kappa shape index (κ1) is 22.9. The smallest absolute Gasteiger partial charge is 0.219 e. The average molecular weight is 495 g/mol. The van der Waals surface area contributed by atoms with Crippen LogP contribution in [0.5, 0.6) is 5.75 Å². The molecule has 0 N–H and O–H groups in total. The predicted molar refractivity (Wildman–Crippen MR) is 129 cm³/mol. The van der Waals surface area contributed by atoms with E-state index in [1.807, 2.05) is 17.1 Å². The minimum Gasteiger partial charge on any atom is -0.487 e. The van der Waals surface area contributed by atoms with Crippen molar-refractivity contribution < 1.29 is 18.3 Å². The molecular weight excluding hydrogens is 466 g/mol. The Bertz CT molecular complexity index is 1300. The van der Waals surface area contributed by atoms with Crippen LogP contribution in [0.15, 0.2) is 30.6 Å². The molecular formula is C26H28F2N6O2. The van der Waals surface area contributed by atoms with E-state index in [0.717, 1.165) is 47.4 Å². The van der Waals surface area contributed by atoms with Gasteiger partial charge in [0, 0.05) is 63.6 Å². The fourth-order valence-electron chi connectivity index (χ4n) is 4.94. The van der Waals surface area contributed by atoms with E-state index in [2.05, 4.69) is 10.00 Å². The lowest BCUT2D eigenvalue weighted by molar-refractivity contribution is -0.129. The number of rotatable bonds is 5. The molecule has 0 unspecified atom stereocenters. The van der Waals surface area contributed by atoms with Crippen LogP contribution in [0.25, 0.3) is 11.3 Å². The van der Waals surface area contributed by atoms with E-state index in [0.29, 0.717) is 51.5 Å². The van der Waals surface area contributed by atoms with Crippen molar-refractivity contribution in [3.05, 3.63) is 53.6 Å². The van der Waals surface area contributed by atoms with Gasteiger partial charge in [-0.25, -0.2) is 18.7 Å². The third-order valence-corrected chi connectivity index (χ3v) is 7.16. The zero-order valence-electron chi connectivity index (χ0n) is 20.2. The van der Waals surface area contributed by atoms with Gasteiger partial charge in [-0.05, 0) is 25.0 Å². The summed E-state index contributed by atoms with van der Waals surface area (Å²) in [5.74, 6) is -0.384. The molecule has 1 amide bonds. The number of benzene rings is 1. The maximum atomic E-state index is 14.1. The van der Waals surface area contributed by atoms with Crippen LogP contribution in [0.4, 0.5) is 14.6 Å². The Hall–Kier alpha value is -3.56. The Balaban J connectivity index is 1.25. The minimum atomic E-state index is -0.687. The fraction of sp³-hybridized carbons (Fsp3) is 0.462. The minimum absolute atomic E-state index is 0.0364. The van der Waals surface area contributed by atoms with E-state index in [9.17, 15) is 13.6 Å². The molecule has 36 heavy (non-hydrogen) atoms. The van der Waals surface area contributed by atoms with Gasteiger partial charge in [0.25, 0.3) is 0 Å². The van der Waals surface area contributed by atoms with E-state index in [1.54, 1.807) is 11.8 Å². The Kier molecular flexibility index (Phi) is 5.81. The van der Waals surface area contributed by atoms with Crippen molar-refractivity contribution in [2.45, 2.75) is 57.7 Å². The summed E-state index contributed by atoms with van der Waals surface area (Å²) in [5.41, 5.74) is 3.45. The van der Waals surface area contributed by atoms with Gasteiger partial charge >= 0.3 is 0 Å². The summed E-state index contributed by atoms with van der Waals surface area (Å²) in [6.45, 7) is 4.02. The topological polar surface area (TPSA) is 76.4 Å². The van der Waals surface area contributed by atoms with Crippen LogP contribution < -0.4 is 9.64 Å². The summed E-state index contributed by atoms with van der Waals surface area (Å²) in [6, 6.07) is 3.85. The van der Waals surface area contributed by atoms with Crippen LogP contribution in [0.3, 0.4) is 0 Å². The molecule has 10 heteroatoms. The number of ether oxygens (including phenoxy) is 1. The normalized spacial score (nSPS) is 18.3. The van der Waals surface area contributed by atoms with Crippen LogP contribution in [-0.2, 0) is 17.8 Å². The van der Waals surface area contributed by atoms with Gasteiger partial charge in [0.2, 0.25) is 5.91 Å². The van der Waals surface area contributed by atoms with E-state index in [4.69, 9.17) is 14.7 Å². The molecule has 1 aromatic carbocycles. The molecule has 4 heterocycles. The van der Waals surface area contributed by atoms with E-state index in [1.165, 1.54) is 12.1 Å². The van der Waals surface area contributed by atoms with Gasteiger partial charge in [-0.15, -0.1) is 0 Å². The zero-order valence-corrected chi connectivity index (χ0v) is 20.2. The van der Waals surface area contributed by atoms with E-state index in [-0.39, 0.29) is 17.8 Å². The molecule has 188 valence electrons. The number of anilines is 1. The molecule has 0 radical (unpaired) electrons. The summed E-state index contributed by atoms with van der Waals surface area (Å²) >= 11 is 0. The van der Waals surface area contributed by atoms with Gasteiger partial charge in [0.05, 0.1) is 30.2 Å². The molecule has 2 fully saturated rings. The van der Waals surface area contributed by atoms with Gasteiger partial charge < -0.3 is 14.5 Å². The van der Waals surface area contributed by atoms with Crippen LogP contribution in [0, 0.1) is 11.6 Å². The lowest BCUT2D eigenvalue weighted by Crippen LogP contribution is -2.40. The van der Waals surface area contributed by atoms with Gasteiger partial charge in [-0.1, -0.05) is 0 Å². The lowest BCUT2D eigenvalue weighted by Gasteiger charge is -2.35. The Morgan fingerprint density at radius 3 is 2.58 bits per heavy atom. The van der Waals surface area contributed by atoms with Crippen molar-refractivity contribution in [2.24, 2.45) is 0 Å². The number of carbonyl (C=O) groups excluding carboxylic acids is 1. The van der Waals surface area contributed by atoms with Gasteiger partial charge in [0.15, 0.2) is 17.4 Å². The number of hydrogen-bond donors (Lipinski definition) is 0. The number of aromatic nitrogens is 4. The number of nitrogens with zero attached hydrogens (tertiary/aromatic N) is 6. The largest absolute Gasteiger partial charge is 0.487 e. The molecule has 3 aliphatic rings. The number of amides is 1. The second kappa shape index (κ2) is 9.15. The highest BCUT2D eigenvalue weighted by Crippen LogP contribution is 2.37. The fourth-order valence-corrected chi connectivity index (χ4v) is 4.94. The first-order valence-electron chi connectivity index (χ1n) is 12.5. The average Bonchev–Trinajstić information content (AvgIpc) is 3.61. The Morgan fingerprint density at radius 1 is 1.06 bits per heavy atom. The molecule has 2 aliphatic heterocycles. The third-order valence-electron chi connectivity index (χ3n) is 7.16. The predicted octanol–water partition coefficient (Wildman–Crippen LogP) is 3.91. The van der Waals surface area contributed by atoms with Crippen molar-refractivity contribution in [2.75, 3.05) is 24.5 Å². The van der Waals surface area contributed by atoms with Crippen LogP contribution >= 0.6 is 0 Å². The Labute approximate surface area is 207 Å². The van der Waals surface area contributed by atoms with Gasteiger partial charge in [-0.2, -0.15) is 5.10 Å². The van der Waals surface area contributed by atoms with Crippen LogP contribution in [0.1, 0.15) is 50.0 Å². The second-order valence-electron chi connectivity index (χ2n) is 9.80. The lowest BCUT2D eigenvalue weighted by atomic mass is 10.1. The SMILES string of the molecule is CC(=O)N1CCc2nc(N3CCC(Oc4ccc(F)cc4F)CC3)c(-c3cnn(C4CC4)c3)nc2C1. The van der Waals surface area contributed by atoms with Crippen molar-refractivity contribution >= 4 is 11.7 Å². The van der Waals surface area contributed by atoms with E-state index >= 15 is 0 Å². The zero-order chi connectivity index (χ0) is 24.8. The number of halogens is 2. The molecule has 1 saturated heterocycles. The van der Waals surface area contributed by atoms with Gasteiger partial charge in [0.1, 0.15) is 17.6 Å². The third kappa shape index (κ3) is 4.52. The summed E-state index contributed by atoms with van der Waals surface area (Å²) < 4.78 is 35.1. The number of carbonyl (C=O) groups is 1. The molecule has 0 bridgehead atoms. The summed E-state index contributed by atoms with van der Waals surface area (Å²) in [7, 11) is 0. The van der Waals surface area contributed by atoms with Crippen molar-refractivity contribution in [1.29, 1.82) is 0 Å². The summed E-state index contributed by atoms with van der Waals surface area (Å²) in [4.78, 5) is 26.0. The molecule has 1 aliphatic carbocycles. The maximum Gasteiger partial charge on any atom is 0.219 e. The molecule has 3 aromatic rings. The van der Waals surface area contributed by atoms with Crippen molar-refractivity contribution in [3.8, 4) is 17.0 Å². The summed E-state index contributed by atoms with van der Waals surface area (Å²) in [5, 5.41) is 4.55. The first-order chi connectivity index (χ1) is 17.4. The number of piperidine rings is 1. The molecule has 0 atom stereocenters. The van der Waals surface area contributed by atoms with Gasteiger partial charge in [-0.3, -0.25) is 9.48 Å². The monoisotopic (exact) mass is 494 g/mol. The highest BCUT2D eigenvalue weighted by molar-refractivity contribution is 5.74. The molecule has 1 saturated carbocycles. The van der Waals surface area contributed by atoms with Crippen molar-refractivity contribution in [3.63, 3.8) is 0 Å². The molecule has 0 spiro atoms. The van der Waals surface area contributed by atoms with Crippen LogP contribution in [0.2, 0.25) is 0 Å².